The Morgan fingerprint density at radius 2 is 2.00 bits per heavy atom. The number of nitrogens with one attached hydrogen (secondary N) is 1. The molecule has 56 valence electrons. The van der Waals surface area contributed by atoms with Gasteiger partial charge in [-0.2, -0.15) is 0 Å². The normalized spacial score (nSPS) is 9.45. The summed E-state index contributed by atoms with van der Waals surface area (Å²) >= 11 is 0. The van der Waals surface area contributed by atoms with Gasteiger partial charge in [0.05, 0.1) is 13.9 Å². The number of para-hydroxylation sites is 2. The maximum Gasteiger partial charge on any atom is 0.417 e. The highest BCUT2D eigenvalue weighted by molar-refractivity contribution is 5.75. The van der Waals surface area contributed by atoms with Gasteiger partial charge in [-0.3, -0.25) is 4.98 Å². The Bertz CT molecular complexity index is 368. The standard InChI is InChI=1S/C7H5NO2.BH3/c9-7-8-5-3-1-2-4-6(5)10-7;/h1-4H,(H,8,9);1H3. The first-order valence-corrected chi connectivity index (χ1v) is 2.94. The second-order valence-electron chi connectivity index (χ2n) is 2.01. The average Bonchev–Trinajstić information content (AvgIpc) is 2.27. The van der Waals surface area contributed by atoms with Crippen molar-refractivity contribution < 1.29 is 4.42 Å². The van der Waals surface area contributed by atoms with E-state index in [1.165, 1.54) is 0 Å². The third-order valence-corrected chi connectivity index (χ3v) is 1.33. The zero-order valence-electron chi connectivity index (χ0n) is 5.13. The lowest BCUT2D eigenvalue weighted by atomic mass is 10.3. The quantitative estimate of drug-likeness (QED) is 0.533. The second-order valence-corrected chi connectivity index (χ2v) is 2.01. The first-order chi connectivity index (χ1) is 4.86. The van der Waals surface area contributed by atoms with Crippen LogP contribution in [-0.4, -0.2) is 13.4 Å². The number of H-pyrrole nitrogens is 1. The monoisotopic (exact) mass is 149 g/mol. The molecule has 11 heavy (non-hydrogen) atoms. The Hall–Kier alpha value is -1.45. The number of oxazole rings is 1. The number of aromatic nitrogens is 1. The van der Waals surface area contributed by atoms with Crippen molar-refractivity contribution in [1.82, 2.24) is 4.98 Å². The minimum Gasteiger partial charge on any atom is -0.408 e. The van der Waals surface area contributed by atoms with Crippen molar-refractivity contribution in [1.29, 1.82) is 0 Å². The van der Waals surface area contributed by atoms with Crippen LogP contribution in [-0.2, 0) is 0 Å². The zero-order chi connectivity index (χ0) is 6.97. The molecule has 0 aliphatic carbocycles. The van der Waals surface area contributed by atoms with Gasteiger partial charge in [0, 0.05) is 0 Å². The molecule has 1 aromatic heterocycles. The Balaban J connectivity index is 0.000000605. The predicted octanol–water partition coefficient (Wildman–Crippen LogP) is -0.0628. The predicted molar refractivity (Wildman–Crippen MR) is 46.8 cm³/mol. The van der Waals surface area contributed by atoms with Crippen LogP contribution in [0.1, 0.15) is 0 Å². The fourth-order valence-electron chi connectivity index (χ4n) is 0.894. The third kappa shape index (κ3) is 1.19. The molecule has 2 rings (SSSR count). The van der Waals surface area contributed by atoms with E-state index < -0.39 is 5.76 Å². The molecule has 4 heteroatoms. The molecule has 3 nitrogen and oxygen atoms in total. The fraction of sp³-hybridized carbons (Fsp3) is 0. The summed E-state index contributed by atoms with van der Waals surface area (Å²) in [7, 11) is 0. The van der Waals surface area contributed by atoms with Gasteiger partial charge in [0.1, 0.15) is 0 Å². The number of fused-ring (bicyclic) bond motifs is 1. The summed E-state index contributed by atoms with van der Waals surface area (Å²) < 4.78 is 4.76. The van der Waals surface area contributed by atoms with E-state index in [0.29, 0.717) is 5.58 Å². The molecule has 0 unspecified atom stereocenters. The van der Waals surface area contributed by atoms with Crippen molar-refractivity contribution >= 4 is 19.5 Å². The largest absolute Gasteiger partial charge is 0.417 e. The van der Waals surface area contributed by atoms with E-state index in [1.807, 2.05) is 12.1 Å². The van der Waals surface area contributed by atoms with Crippen LogP contribution in [0.25, 0.3) is 11.1 Å². The van der Waals surface area contributed by atoms with Crippen LogP contribution in [0.5, 0.6) is 0 Å². The van der Waals surface area contributed by atoms with Crippen molar-refractivity contribution in [2.24, 2.45) is 0 Å². The van der Waals surface area contributed by atoms with E-state index in [9.17, 15) is 4.79 Å². The second kappa shape index (κ2) is 2.66. The average molecular weight is 149 g/mol. The van der Waals surface area contributed by atoms with E-state index in [0.717, 1.165) is 5.52 Å². The van der Waals surface area contributed by atoms with Gasteiger partial charge < -0.3 is 4.42 Å². The molecule has 0 radical (unpaired) electrons. The Kier molecular flexibility index (Phi) is 1.85. The molecule has 0 spiro atoms. The van der Waals surface area contributed by atoms with Crippen LogP contribution in [0.2, 0.25) is 0 Å². The lowest BCUT2D eigenvalue weighted by Crippen LogP contribution is -1.92. The summed E-state index contributed by atoms with van der Waals surface area (Å²) in [6, 6.07) is 7.19. The highest BCUT2D eigenvalue weighted by atomic mass is 16.4. The third-order valence-electron chi connectivity index (χ3n) is 1.33. The highest BCUT2D eigenvalue weighted by Gasteiger charge is 1.95. The van der Waals surface area contributed by atoms with E-state index >= 15 is 0 Å². The van der Waals surface area contributed by atoms with Crippen LogP contribution in [0, 0.1) is 0 Å². The van der Waals surface area contributed by atoms with Crippen LogP contribution in [0.3, 0.4) is 0 Å². The Morgan fingerprint density at radius 3 is 2.73 bits per heavy atom. The van der Waals surface area contributed by atoms with Crippen molar-refractivity contribution in [2.75, 3.05) is 0 Å². The molecule has 0 amide bonds. The van der Waals surface area contributed by atoms with Crippen molar-refractivity contribution in [3.05, 3.63) is 34.8 Å². The maximum absolute atomic E-state index is 10.6. The lowest BCUT2D eigenvalue weighted by Gasteiger charge is -1.79. The molecule has 0 saturated carbocycles. The van der Waals surface area contributed by atoms with Gasteiger partial charge in [-0.25, -0.2) is 4.79 Å². The Morgan fingerprint density at radius 1 is 1.27 bits per heavy atom. The molecule has 1 heterocycles. The molecule has 0 atom stereocenters. The van der Waals surface area contributed by atoms with Gasteiger partial charge in [0.2, 0.25) is 0 Å². The topological polar surface area (TPSA) is 46.0 Å². The van der Waals surface area contributed by atoms with Gasteiger partial charge in [-0.1, -0.05) is 12.1 Å². The summed E-state index contributed by atoms with van der Waals surface area (Å²) in [6.07, 6.45) is 0. The van der Waals surface area contributed by atoms with E-state index in [-0.39, 0.29) is 8.41 Å². The highest BCUT2D eigenvalue weighted by Crippen LogP contribution is 2.06. The fourth-order valence-corrected chi connectivity index (χ4v) is 0.894. The summed E-state index contributed by atoms with van der Waals surface area (Å²) in [5.41, 5.74) is 1.35. The minimum absolute atomic E-state index is 0. The maximum atomic E-state index is 10.6. The van der Waals surface area contributed by atoms with Crippen molar-refractivity contribution in [2.45, 2.75) is 0 Å². The molecule has 1 aromatic carbocycles. The number of aromatic amines is 1. The number of hydrogen-bond donors (Lipinski definition) is 1. The van der Waals surface area contributed by atoms with Crippen LogP contribution in [0.15, 0.2) is 33.5 Å². The van der Waals surface area contributed by atoms with E-state index in [1.54, 1.807) is 12.1 Å². The van der Waals surface area contributed by atoms with Crippen LogP contribution >= 0.6 is 0 Å². The zero-order valence-corrected chi connectivity index (χ0v) is 5.13. The Labute approximate surface area is 64.6 Å². The van der Waals surface area contributed by atoms with Crippen LogP contribution in [0.4, 0.5) is 0 Å². The lowest BCUT2D eigenvalue weighted by molar-refractivity contribution is 0.555. The number of rotatable bonds is 0. The first-order valence-electron chi connectivity index (χ1n) is 2.94. The minimum atomic E-state index is -0.402. The first kappa shape index (κ1) is 7.66. The molecule has 0 aliphatic heterocycles. The number of hydrogen-bond acceptors (Lipinski definition) is 2. The molecule has 2 aromatic rings. The van der Waals surface area contributed by atoms with Gasteiger partial charge in [0.15, 0.2) is 5.58 Å². The van der Waals surface area contributed by atoms with Gasteiger partial charge in [-0.15, -0.1) is 0 Å². The summed E-state index contributed by atoms with van der Waals surface area (Å²) in [5.74, 6) is -0.402. The van der Waals surface area contributed by atoms with Crippen molar-refractivity contribution in [3.8, 4) is 0 Å². The van der Waals surface area contributed by atoms with Gasteiger partial charge >= 0.3 is 5.76 Å². The van der Waals surface area contributed by atoms with Gasteiger partial charge in [0.25, 0.3) is 0 Å². The van der Waals surface area contributed by atoms with Crippen LogP contribution < -0.4 is 5.76 Å². The summed E-state index contributed by atoms with van der Waals surface area (Å²) in [5, 5.41) is 0. The smallest absolute Gasteiger partial charge is 0.408 e. The molecule has 0 saturated heterocycles. The molecule has 0 fully saturated rings. The van der Waals surface area contributed by atoms with E-state index in [4.69, 9.17) is 4.42 Å². The number of benzene rings is 1. The van der Waals surface area contributed by atoms with Gasteiger partial charge in [-0.05, 0) is 12.1 Å². The summed E-state index contributed by atoms with van der Waals surface area (Å²) in [6.45, 7) is 0. The molecule has 1 N–H and O–H groups in total. The molecule has 0 bridgehead atoms. The van der Waals surface area contributed by atoms with E-state index in [2.05, 4.69) is 4.98 Å². The molecular weight excluding hydrogens is 141 g/mol. The molecular formula is C7H8BNO2. The molecule has 0 aliphatic rings. The summed E-state index contributed by atoms with van der Waals surface area (Å²) in [4.78, 5) is 13.1. The SMILES string of the molecule is B.O=c1[nH]c2ccccc2o1. The van der Waals surface area contributed by atoms with Crippen molar-refractivity contribution in [3.63, 3.8) is 0 Å².